The molecule has 0 bridgehead atoms. The molecule has 1 unspecified atom stereocenters. The number of carbonyl (C=O) groups excluding carboxylic acids is 1. The first-order valence-electron chi connectivity index (χ1n) is 6.68. The highest BCUT2D eigenvalue weighted by molar-refractivity contribution is 5.74. The minimum Gasteiger partial charge on any atom is -0.379 e. The number of urea groups is 1. The topological polar surface area (TPSA) is 76.4 Å². The summed E-state index contributed by atoms with van der Waals surface area (Å²) in [6.45, 7) is 2.16. The van der Waals surface area contributed by atoms with Crippen molar-refractivity contribution < 1.29 is 9.53 Å². The molecule has 0 radical (unpaired) electrons. The van der Waals surface area contributed by atoms with Gasteiger partial charge in [0.1, 0.15) is 0 Å². The lowest BCUT2D eigenvalue weighted by Gasteiger charge is -2.11. The summed E-state index contributed by atoms with van der Waals surface area (Å²) < 4.78 is 5.20. The van der Waals surface area contributed by atoms with E-state index >= 15 is 0 Å². The predicted octanol–water partition coefficient (Wildman–Crippen LogP) is 0.585. The highest BCUT2D eigenvalue weighted by atomic mass is 16.5. The van der Waals surface area contributed by atoms with Crippen molar-refractivity contribution in [1.29, 1.82) is 0 Å². The van der Waals surface area contributed by atoms with Crippen molar-refractivity contribution in [2.45, 2.75) is 19.0 Å². The highest BCUT2D eigenvalue weighted by Crippen LogP contribution is 2.04. The van der Waals surface area contributed by atoms with Gasteiger partial charge in [-0.05, 0) is 24.1 Å². The molecule has 4 N–H and O–H groups in total. The Kier molecular flexibility index (Phi) is 5.42. The van der Waals surface area contributed by atoms with Crippen LogP contribution in [0.5, 0.6) is 0 Å². The van der Waals surface area contributed by atoms with Crippen LogP contribution >= 0.6 is 0 Å². The Labute approximate surface area is 118 Å². The molecule has 0 aromatic heterocycles. The van der Waals surface area contributed by atoms with Crippen molar-refractivity contribution in [2.75, 3.05) is 19.8 Å². The predicted molar refractivity (Wildman–Crippen MR) is 77.0 cm³/mol. The summed E-state index contributed by atoms with van der Waals surface area (Å²) in [4.78, 5) is 11.7. The van der Waals surface area contributed by atoms with Gasteiger partial charge in [-0.2, -0.15) is 0 Å². The molecule has 2 rings (SSSR count). The minimum absolute atomic E-state index is 0.129. The normalized spacial score (nSPS) is 17.1. The van der Waals surface area contributed by atoms with E-state index in [1.165, 1.54) is 0 Å². The van der Waals surface area contributed by atoms with E-state index in [-0.39, 0.29) is 12.1 Å². The molecule has 1 aromatic carbocycles. The highest BCUT2D eigenvalue weighted by Gasteiger charge is 2.17. The molecule has 1 aliphatic rings. The van der Waals surface area contributed by atoms with Crippen molar-refractivity contribution in [2.24, 2.45) is 5.73 Å². The van der Waals surface area contributed by atoms with Crippen LogP contribution in [0.3, 0.4) is 0 Å². The standard InChI is InChI=1S/C15H19N3O2/c16-8-1-2-12-3-5-13(6-4-12)10-17-15(19)18-14-7-9-20-11-14/h3-6,14H,7-11,16H2,(H2,17,18,19). The minimum atomic E-state index is -0.160. The molecule has 1 fully saturated rings. The van der Waals surface area contributed by atoms with E-state index in [9.17, 15) is 4.79 Å². The molecule has 1 atom stereocenters. The van der Waals surface area contributed by atoms with Crippen LogP contribution in [0.25, 0.3) is 0 Å². The van der Waals surface area contributed by atoms with Gasteiger partial charge in [-0.15, -0.1) is 0 Å². The molecule has 2 amide bonds. The number of amides is 2. The lowest BCUT2D eigenvalue weighted by Crippen LogP contribution is -2.42. The van der Waals surface area contributed by atoms with Crippen molar-refractivity contribution in [3.05, 3.63) is 35.4 Å². The summed E-state index contributed by atoms with van der Waals surface area (Å²) in [5, 5.41) is 5.70. The summed E-state index contributed by atoms with van der Waals surface area (Å²) in [6, 6.07) is 7.69. The van der Waals surface area contributed by atoms with Crippen molar-refractivity contribution in [1.82, 2.24) is 10.6 Å². The Bertz CT molecular complexity index is 496. The maximum atomic E-state index is 11.7. The quantitative estimate of drug-likeness (QED) is 0.705. The smallest absolute Gasteiger partial charge is 0.315 e. The van der Waals surface area contributed by atoms with Crippen LogP contribution < -0.4 is 16.4 Å². The zero-order valence-corrected chi connectivity index (χ0v) is 11.3. The van der Waals surface area contributed by atoms with E-state index in [4.69, 9.17) is 10.5 Å². The van der Waals surface area contributed by atoms with Gasteiger partial charge >= 0.3 is 6.03 Å². The van der Waals surface area contributed by atoms with E-state index in [1.807, 2.05) is 24.3 Å². The number of hydrogen-bond donors (Lipinski definition) is 3. The van der Waals surface area contributed by atoms with Gasteiger partial charge in [0.05, 0.1) is 19.2 Å². The SMILES string of the molecule is NCC#Cc1ccc(CNC(=O)NC2CCOC2)cc1. The molecule has 20 heavy (non-hydrogen) atoms. The van der Waals surface area contributed by atoms with E-state index in [0.717, 1.165) is 24.2 Å². The van der Waals surface area contributed by atoms with Gasteiger partial charge in [-0.1, -0.05) is 24.0 Å². The van der Waals surface area contributed by atoms with Crippen LogP contribution in [0.2, 0.25) is 0 Å². The van der Waals surface area contributed by atoms with Crippen molar-refractivity contribution >= 4 is 6.03 Å². The Morgan fingerprint density at radius 1 is 1.40 bits per heavy atom. The lowest BCUT2D eigenvalue weighted by molar-refractivity contribution is 0.188. The Balaban J connectivity index is 1.76. The van der Waals surface area contributed by atoms with Gasteiger partial charge in [0.25, 0.3) is 0 Å². The summed E-state index contributed by atoms with van der Waals surface area (Å²) >= 11 is 0. The molecule has 0 spiro atoms. The first-order valence-corrected chi connectivity index (χ1v) is 6.68. The van der Waals surface area contributed by atoms with Crippen molar-refractivity contribution in [3.8, 4) is 11.8 Å². The number of nitrogens with two attached hydrogens (primary N) is 1. The number of nitrogens with one attached hydrogen (secondary N) is 2. The Hall–Kier alpha value is -2.03. The molecule has 1 saturated heterocycles. The monoisotopic (exact) mass is 273 g/mol. The Morgan fingerprint density at radius 3 is 2.85 bits per heavy atom. The third kappa shape index (κ3) is 4.57. The zero-order chi connectivity index (χ0) is 14.2. The average molecular weight is 273 g/mol. The van der Waals surface area contributed by atoms with E-state index in [2.05, 4.69) is 22.5 Å². The number of rotatable bonds is 3. The number of benzene rings is 1. The fourth-order valence-corrected chi connectivity index (χ4v) is 1.93. The third-order valence-corrected chi connectivity index (χ3v) is 3.01. The van der Waals surface area contributed by atoms with Crippen LogP contribution in [-0.2, 0) is 11.3 Å². The lowest BCUT2D eigenvalue weighted by atomic mass is 10.1. The summed E-state index contributed by atoms with van der Waals surface area (Å²) in [5.41, 5.74) is 7.27. The van der Waals surface area contributed by atoms with Crippen LogP contribution in [0.15, 0.2) is 24.3 Å². The van der Waals surface area contributed by atoms with Gasteiger partial charge in [0.15, 0.2) is 0 Å². The largest absolute Gasteiger partial charge is 0.379 e. The molecular formula is C15H19N3O2. The molecule has 1 heterocycles. The summed E-state index contributed by atoms with van der Waals surface area (Å²) in [5.74, 6) is 5.76. The molecule has 106 valence electrons. The van der Waals surface area contributed by atoms with Crippen LogP contribution in [-0.4, -0.2) is 31.8 Å². The maximum Gasteiger partial charge on any atom is 0.315 e. The van der Waals surface area contributed by atoms with Crippen LogP contribution in [0.1, 0.15) is 17.5 Å². The number of hydrogen-bond acceptors (Lipinski definition) is 3. The third-order valence-electron chi connectivity index (χ3n) is 3.01. The fraction of sp³-hybridized carbons (Fsp3) is 0.400. The molecule has 5 heteroatoms. The maximum absolute atomic E-state index is 11.7. The van der Waals surface area contributed by atoms with Gasteiger partial charge in [0.2, 0.25) is 0 Å². The van der Waals surface area contributed by atoms with Gasteiger partial charge in [0, 0.05) is 18.7 Å². The molecule has 1 aromatic rings. The molecule has 0 aliphatic carbocycles. The first-order chi connectivity index (χ1) is 9.78. The second-order valence-electron chi connectivity index (χ2n) is 4.59. The molecule has 0 saturated carbocycles. The second kappa shape index (κ2) is 7.53. The van der Waals surface area contributed by atoms with Gasteiger partial charge in [-0.25, -0.2) is 4.79 Å². The molecule has 5 nitrogen and oxygen atoms in total. The first kappa shape index (κ1) is 14.4. The average Bonchev–Trinajstić information content (AvgIpc) is 2.97. The van der Waals surface area contributed by atoms with E-state index in [0.29, 0.717) is 19.7 Å². The Morgan fingerprint density at radius 2 is 2.20 bits per heavy atom. The van der Waals surface area contributed by atoms with Crippen LogP contribution in [0, 0.1) is 11.8 Å². The van der Waals surface area contributed by atoms with E-state index < -0.39 is 0 Å². The number of carbonyl (C=O) groups is 1. The summed E-state index contributed by atoms with van der Waals surface area (Å²) in [7, 11) is 0. The molecular weight excluding hydrogens is 254 g/mol. The second-order valence-corrected chi connectivity index (χ2v) is 4.59. The fourth-order valence-electron chi connectivity index (χ4n) is 1.93. The summed E-state index contributed by atoms with van der Waals surface area (Å²) in [6.07, 6.45) is 0.877. The zero-order valence-electron chi connectivity index (χ0n) is 11.3. The van der Waals surface area contributed by atoms with E-state index in [1.54, 1.807) is 0 Å². The van der Waals surface area contributed by atoms with Crippen LogP contribution in [0.4, 0.5) is 4.79 Å². The number of ether oxygens (including phenoxy) is 1. The van der Waals surface area contributed by atoms with Gasteiger partial charge < -0.3 is 21.1 Å². The molecule has 1 aliphatic heterocycles. The van der Waals surface area contributed by atoms with Crippen molar-refractivity contribution in [3.63, 3.8) is 0 Å². The van der Waals surface area contributed by atoms with Gasteiger partial charge in [-0.3, -0.25) is 0 Å².